The van der Waals surface area contributed by atoms with Gasteiger partial charge in [0.2, 0.25) is 0 Å². The van der Waals surface area contributed by atoms with Crippen LogP contribution < -0.4 is 24.0 Å². The summed E-state index contributed by atoms with van der Waals surface area (Å²) in [4.78, 5) is 0. The summed E-state index contributed by atoms with van der Waals surface area (Å²) in [6.45, 7) is 8.67. The zero-order chi connectivity index (χ0) is 11.6. The standard InChI is InChI=1S/C15H30N.HI/c1-4-16(3,5-2)10-6-7-14-11-13-8-9-15(14)12-13;/h13-15H,4-12H2,1-3H3;1H/q+1;/p-1. The topological polar surface area (TPSA) is 0 Å². The van der Waals surface area contributed by atoms with Gasteiger partial charge >= 0.3 is 0 Å². The Hall–Kier alpha value is 0.690. The molecule has 0 aromatic heterocycles. The van der Waals surface area contributed by atoms with Crippen LogP contribution in [-0.2, 0) is 0 Å². The molecule has 2 bridgehead atoms. The average molecular weight is 351 g/mol. The minimum atomic E-state index is 0. The van der Waals surface area contributed by atoms with E-state index >= 15 is 0 Å². The molecule has 0 saturated heterocycles. The van der Waals surface area contributed by atoms with Crippen LogP contribution in [0, 0.1) is 17.8 Å². The number of halogens is 1. The Kier molecular flexibility index (Phi) is 6.24. The van der Waals surface area contributed by atoms with E-state index < -0.39 is 0 Å². The van der Waals surface area contributed by atoms with Crippen LogP contribution in [0.4, 0.5) is 0 Å². The van der Waals surface area contributed by atoms with Gasteiger partial charge in [-0.25, -0.2) is 0 Å². The maximum atomic E-state index is 2.42. The number of fused-ring (bicyclic) bond motifs is 2. The minimum absolute atomic E-state index is 0. The van der Waals surface area contributed by atoms with E-state index in [1.807, 2.05) is 0 Å². The Balaban J connectivity index is 0.00000144. The molecule has 0 aromatic rings. The Morgan fingerprint density at radius 3 is 2.24 bits per heavy atom. The molecule has 102 valence electrons. The highest BCUT2D eigenvalue weighted by molar-refractivity contribution is 4.89. The second-order valence-electron chi connectivity index (χ2n) is 6.55. The first-order valence-corrected chi connectivity index (χ1v) is 7.50. The number of quaternary nitrogens is 1. The van der Waals surface area contributed by atoms with Gasteiger partial charge < -0.3 is 28.5 Å². The van der Waals surface area contributed by atoms with Crippen molar-refractivity contribution < 1.29 is 28.5 Å². The Morgan fingerprint density at radius 2 is 1.76 bits per heavy atom. The molecule has 0 aromatic carbocycles. The van der Waals surface area contributed by atoms with E-state index in [9.17, 15) is 0 Å². The summed E-state index contributed by atoms with van der Waals surface area (Å²) in [5.41, 5.74) is 0. The number of rotatable bonds is 6. The fourth-order valence-electron chi connectivity index (χ4n) is 4.01. The molecule has 17 heavy (non-hydrogen) atoms. The maximum absolute atomic E-state index is 2.42. The highest BCUT2D eigenvalue weighted by Gasteiger charge is 2.38. The zero-order valence-electron chi connectivity index (χ0n) is 11.9. The van der Waals surface area contributed by atoms with Crippen molar-refractivity contribution in [2.24, 2.45) is 17.8 Å². The predicted molar refractivity (Wildman–Crippen MR) is 70.3 cm³/mol. The van der Waals surface area contributed by atoms with Gasteiger partial charge in [-0.3, -0.25) is 0 Å². The van der Waals surface area contributed by atoms with Crippen LogP contribution in [-0.4, -0.2) is 31.2 Å². The fourth-order valence-corrected chi connectivity index (χ4v) is 4.01. The van der Waals surface area contributed by atoms with E-state index in [1.165, 1.54) is 37.0 Å². The lowest BCUT2D eigenvalue weighted by Gasteiger charge is -2.33. The third-order valence-electron chi connectivity index (χ3n) is 5.68. The molecule has 3 unspecified atom stereocenters. The van der Waals surface area contributed by atoms with E-state index in [1.54, 1.807) is 25.7 Å². The average Bonchev–Trinajstić information content (AvgIpc) is 2.91. The summed E-state index contributed by atoms with van der Waals surface area (Å²) in [5.74, 6) is 3.38. The predicted octanol–water partition coefficient (Wildman–Crippen LogP) is 0.693. The van der Waals surface area contributed by atoms with Gasteiger partial charge in [-0.05, 0) is 63.7 Å². The Bertz CT molecular complexity index is 225. The van der Waals surface area contributed by atoms with Gasteiger partial charge in [0.15, 0.2) is 0 Å². The summed E-state index contributed by atoms with van der Waals surface area (Å²) in [7, 11) is 2.42. The third-order valence-corrected chi connectivity index (χ3v) is 5.68. The van der Waals surface area contributed by atoms with E-state index in [0.717, 1.165) is 17.8 Å². The molecular weight excluding hydrogens is 321 g/mol. The van der Waals surface area contributed by atoms with E-state index in [0.29, 0.717) is 0 Å². The van der Waals surface area contributed by atoms with Crippen molar-refractivity contribution in [3.8, 4) is 0 Å². The van der Waals surface area contributed by atoms with Crippen molar-refractivity contribution in [3.05, 3.63) is 0 Å². The second-order valence-corrected chi connectivity index (χ2v) is 6.55. The molecule has 2 heteroatoms. The summed E-state index contributed by atoms with van der Waals surface area (Å²) in [6, 6.07) is 0. The summed E-state index contributed by atoms with van der Waals surface area (Å²) in [6.07, 6.45) is 9.26. The Morgan fingerprint density at radius 1 is 1.06 bits per heavy atom. The maximum Gasteiger partial charge on any atom is 0.0784 e. The second kappa shape index (κ2) is 6.74. The van der Waals surface area contributed by atoms with Crippen LogP contribution in [0.1, 0.15) is 52.4 Å². The number of hydrogen-bond donors (Lipinski definition) is 0. The summed E-state index contributed by atoms with van der Waals surface area (Å²) < 4.78 is 1.28. The minimum Gasteiger partial charge on any atom is -1.00 e. The molecule has 1 nitrogen and oxygen atoms in total. The summed E-state index contributed by atoms with van der Waals surface area (Å²) >= 11 is 0. The highest BCUT2D eigenvalue weighted by Crippen LogP contribution is 2.49. The van der Waals surface area contributed by atoms with Gasteiger partial charge in [0, 0.05) is 0 Å². The molecule has 0 radical (unpaired) electrons. The van der Waals surface area contributed by atoms with Crippen LogP contribution in [0.15, 0.2) is 0 Å². The van der Waals surface area contributed by atoms with Crippen LogP contribution in [0.5, 0.6) is 0 Å². The molecule has 0 spiro atoms. The van der Waals surface area contributed by atoms with E-state index in [4.69, 9.17) is 0 Å². The quantitative estimate of drug-likeness (QED) is 0.488. The molecule has 0 amide bonds. The zero-order valence-corrected chi connectivity index (χ0v) is 14.1. The van der Waals surface area contributed by atoms with Crippen LogP contribution in [0.3, 0.4) is 0 Å². The van der Waals surface area contributed by atoms with Crippen molar-refractivity contribution in [1.29, 1.82) is 0 Å². The van der Waals surface area contributed by atoms with Crippen molar-refractivity contribution in [3.63, 3.8) is 0 Å². The fraction of sp³-hybridized carbons (Fsp3) is 1.00. The molecule has 2 aliphatic rings. The van der Waals surface area contributed by atoms with Crippen LogP contribution in [0.25, 0.3) is 0 Å². The van der Waals surface area contributed by atoms with E-state index in [-0.39, 0.29) is 24.0 Å². The SMILES string of the molecule is CC[N+](C)(CC)CCCC1CC2CCC1C2.[I-]. The lowest BCUT2D eigenvalue weighted by atomic mass is 9.85. The lowest BCUT2D eigenvalue weighted by Crippen LogP contribution is -3.00. The molecule has 0 N–H and O–H groups in total. The molecule has 2 fully saturated rings. The highest BCUT2D eigenvalue weighted by atomic mass is 127. The first-order valence-electron chi connectivity index (χ1n) is 7.50. The van der Waals surface area contributed by atoms with Gasteiger partial charge in [0.05, 0.1) is 26.7 Å². The molecule has 2 saturated carbocycles. The van der Waals surface area contributed by atoms with Gasteiger partial charge in [0.25, 0.3) is 0 Å². The van der Waals surface area contributed by atoms with Crippen LogP contribution >= 0.6 is 0 Å². The first-order chi connectivity index (χ1) is 7.67. The van der Waals surface area contributed by atoms with Crippen molar-refractivity contribution in [1.82, 2.24) is 0 Å². The lowest BCUT2D eigenvalue weighted by molar-refractivity contribution is -0.906. The van der Waals surface area contributed by atoms with Gasteiger partial charge in [-0.1, -0.05) is 6.42 Å². The van der Waals surface area contributed by atoms with Gasteiger partial charge in [0.1, 0.15) is 0 Å². The number of hydrogen-bond acceptors (Lipinski definition) is 0. The van der Waals surface area contributed by atoms with Crippen molar-refractivity contribution in [2.45, 2.75) is 52.4 Å². The molecule has 0 heterocycles. The Labute approximate surface area is 125 Å². The number of nitrogens with zero attached hydrogens (tertiary/aromatic N) is 1. The molecular formula is C15H30IN. The third kappa shape index (κ3) is 3.82. The van der Waals surface area contributed by atoms with Gasteiger partial charge in [-0.2, -0.15) is 0 Å². The van der Waals surface area contributed by atoms with Crippen molar-refractivity contribution >= 4 is 0 Å². The van der Waals surface area contributed by atoms with Crippen molar-refractivity contribution in [2.75, 3.05) is 26.7 Å². The normalized spacial score (nSPS) is 31.6. The molecule has 3 atom stereocenters. The first kappa shape index (κ1) is 15.7. The smallest absolute Gasteiger partial charge is 0.0784 e. The van der Waals surface area contributed by atoms with E-state index in [2.05, 4.69) is 20.9 Å². The van der Waals surface area contributed by atoms with Gasteiger partial charge in [-0.15, -0.1) is 0 Å². The molecule has 2 rings (SSSR count). The monoisotopic (exact) mass is 351 g/mol. The largest absolute Gasteiger partial charge is 1.00 e. The molecule has 2 aliphatic carbocycles. The molecule has 0 aliphatic heterocycles. The van der Waals surface area contributed by atoms with Crippen LogP contribution in [0.2, 0.25) is 0 Å². The summed E-state index contributed by atoms with van der Waals surface area (Å²) in [5, 5.41) is 0.